The highest BCUT2D eigenvalue weighted by molar-refractivity contribution is 5.84. The molecule has 0 spiro atoms. The van der Waals surface area contributed by atoms with Crippen LogP contribution >= 0.6 is 0 Å². The van der Waals surface area contributed by atoms with Gasteiger partial charge < -0.3 is 20.1 Å². The molecule has 0 fully saturated rings. The van der Waals surface area contributed by atoms with Crippen molar-refractivity contribution in [2.45, 2.75) is 57.6 Å². The minimum absolute atomic E-state index is 0.198. The largest absolute Gasteiger partial charge is 0.467 e. The molecule has 0 aliphatic carbocycles. The first-order valence-electron chi connectivity index (χ1n) is 9.82. The van der Waals surface area contributed by atoms with E-state index < -0.39 is 18.1 Å². The predicted octanol–water partition coefficient (Wildman–Crippen LogP) is 2.93. The Morgan fingerprint density at radius 3 is 2.55 bits per heavy atom. The van der Waals surface area contributed by atoms with E-state index in [1.807, 2.05) is 30.3 Å². The summed E-state index contributed by atoms with van der Waals surface area (Å²) in [5.74, 6) is 1.85. The second-order valence-electron chi connectivity index (χ2n) is 6.54. The van der Waals surface area contributed by atoms with E-state index in [1.54, 1.807) is 0 Å². The van der Waals surface area contributed by atoms with E-state index in [-0.39, 0.29) is 12.5 Å². The summed E-state index contributed by atoms with van der Waals surface area (Å²) in [5, 5.41) is 5.38. The maximum absolute atomic E-state index is 12.0. The van der Waals surface area contributed by atoms with Crippen LogP contribution < -0.4 is 10.6 Å². The Balaban J connectivity index is 2.11. The van der Waals surface area contributed by atoms with E-state index in [1.165, 1.54) is 7.11 Å². The molecular weight excluding hydrogens is 372 g/mol. The number of rotatable bonds is 13. The van der Waals surface area contributed by atoms with Gasteiger partial charge >= 0.3 is 12.1 Å². The lowest BCUT2D eigenvalue weighted by molar-refractivity contribution is -0.145. The van der Waals surface area contributed by atoms with Crippen molar-refractivity contribution in [1.29, 1.82) is 0 Å². The fraction of sp³-hybridized carbons (Fsp3) is 0.500. The Morgan fingerprint density at radius 1 is 1.10 bits per heavy atom. The highest BCUT2D eigenvalue weighted by atomic mass is 16.5. The summed E-state index contributed by atoms with van der Waals surface area (Å²) >= 11 is 0. The summed E-state index contributed by atoms with van der Waals surface area (Å²) in [5.41, 5.74) is 0.929. The van der Waals surface area contributed by atoms with Crippen molar-refractivity contribution >= 4 is 18.0 Å². The molecular formula is C22H30N2O5. The topological polar surface area (TPSA) is 93.7 Å². The lowest BCUT2D eigenvalue weighted by Crippen LogP contribution is -2.41. The molecule has 0 bridgehead atoms. The van der Waals surface area contributed by atoms with Gasteiger partial charge in [-0.25, -0.2) is 9.59 Å². The van der Waals surface area contributed by atoms with Crippen molar-refractivity contribution < 1.29 is 23.9 Å². The number of nitrogens with one attached hydrogen (secondary N) is 2. The number of carbonyl (C=O) groups excluding carboxylic acids is 3. The summed E-state index contributed by atoms with van der Waals surface area (Å²) < 4.78 is 9.83. The van der Waals surface area contributed by atoms with Gasteiger partial charge in [0.25, 0.3) is 0 Å². The van der Waals surface area contributed by atoms with E-state index in [9.17, 15) is 14.4 Å². The van der Waals surface area contributed by atoms with Crippen LogP contribution in [0.4, 0.5) is 4.79 Å². The van der Waals surface area contributed by atoms with Crippen molar-refractivity contribution in [3.05, 3.63) is 35.9 Å². The lowest BCUT2D eigenvalue weighted by atomic mass is 10.1. The lowest BCUT2D eigenvalue weighted by Gasteiger charge is -2.16. The molecule has 1 aromatic carbocycles. The molecule has 2 amide bonds. The third-order valence-corrected chi connectivity index (χ3v) is 4.20. The Bertz CT molecular complexity index is 670. The fourth-order valence-electron chi connectivity index (χ4n) is 2.62. The zero-order valence-electron chi connectivity index (χ0n) is 16.9. The van der Waals surface area contributed by atoms with Gasteiger partial charge in [-0.05, 0) is 31.2 Å². The van der Waals surface area contributed by atoms with Gasteiger partial charge in [-0.3, -0.25) is 4.79 Å². The van der Waals surface area contributed by atoms with Crippen LogP contribution in [-0.4, -0.2) is 37.7 Å². The maximum atomic E-state index is 12.0. The van der Waals surface area contributed by atoms with Crippen LogP contribution in [0.25, 0.3) is 0 Å². The first-order chi connectivity index (χ1) is 14.1. The van der Waals surface area contributed by atoms with Crippen LogP contribution in [0.2, 0.25) is 0 Å². The van der Waals surface area contributed by atoms with Gasteiger partial charge in [-0.15, -0.1) is 12.3 Å². The average molecular weight is 402 g/mol. The first kappa shape index (κ1) is 24.0. The van der Waals surface area contributed by atoms with Crippen LogP contribution in [-0.2, 0) is 25.7 Å². The van der Waals surface area contributed by atoms with Crippen LogP contribution in [0.3, 0.4) is 0 Å². The van der Waals surface area contributed by atoms with Gasteiger partial charge in [0.1, 0.15) is 12.6 Å². The summed E-state index contributed by atoms with van der Waals surface area (Å²) in [6.07, 6.45) is 8.86. The van der Waals surface area contributed by atoms with E-state index in [2.05, 4.69) is 16.6 Å². The Morgan fingerprint density at radius 2 is 1.86 bits per heavy atom. The van der Waals surface area contributed by atoms with Crippen LogP contribution in [0.1, 0.15) is 50.5 Å². The van der Waals surface area contributed by atoms with E-state index >= 15 is 0 Å². The van der Waals surface area contributed by atoms with Crippen LogP contribution in [0.5, 0.6) is 0 Å². The molecule has 0 saturated heterocycles. The fourth-order valence-corrected chi connectivity index (χ4v) is 2.62. The van der Waals surface area contributed by atoms with Gasteiger partial charge in [0.05, 0.1) is 7.11 Å². The monoisotopic (exact) mass is 402 g/mol. The Kier molecular flexibility index (Phi) is 12.4. The van der Waals surface area contributed by atoms with Crippen LogP contribution in [0, 0.1) is 12.3 Å². The number of alkyl carbamates (subject to hydrolysis) is 1. The molecule has 7 nitrogen and oxygen atoms in total. The molecule has 0 heterocycles. The third kappa shape index (κ3) is 11.4. The number of amides is 2. The number of unbranched alkanes of at least 4 members (excludes halogenated alkanes) is 3. The number of terminal acetylenes is 1. The summed E-state index contributed by atoms with van der Waals surface area (Å²) in [4.78, 5) is 35.4. The van der Waals surface area contributed by atoms with Crippen molar-refractivity contribution in [2.75, 3.05) is 13.7 Å². The number of ether oxygens (including phenoxy) is 2. The molecule has 1 rings (SSSR count). The second kappa shape index (κ2) is 15.0. The molecule has 2 N–H and O–H groups in total. The molecule has 29 heavy (non-hydrogen) atoms. The molecule has 0 aromatic heterocycles. The number of hydrogen-bond acceptors (Lipinski definition) is 5. The molecule has 0 aliphatic rings. The summed E-state index contributed by atoms with van der Waals surface area (Å²) in [6, 6.07) is 8.78. The predicted molar refractivity (Wildman–Crippen MR) is 110 cm³/mol. The molecule has 0 unspecified atom stereocenters. The van der Waals surface area contributed by atoms with Gasteiger partial charge in [0.2, 0.25) is 5.91 Å². The van der Waals surface area contributed by atoms with Gasteiger partial charge in [-0.2, -0.15) is 0 Å². The van der Waals surface area contributed by atoms with Crippen LogP contribution in [0.15, 0.2) is 30.3 Å². The van der Waals surface area contributed by atoms with Crippen molar-refractivity contribution in [3.63, 3.8) is 0 Å². The molecule has 1 aromatic rings. The Labute approximate surface area is 172 Å². The summed E-state index contributed by atoms with van der Waals surface area (Å²) in [6.45, 7) is 0.710. The second-order valence-corrected chi connectivity index (χ2v) is 6.54. The van der Waals surface area contributed by atoms with Gasteiger partial charge in [-0.1, -0.05) is 36.8 Å². The number of hydrogen-bond donors (Lipinski definition) is 2. The Hall–Kier alpha value is -3.01. The zero-order chi connectivity index (χ0) is 21.3. The molecule has 0 saturated carbocycles. The normalized spacial score (nSPS) is 11.0. The quantitative estimate of drug-likeness (QED) is 0.301. The average Bonchev–Trinajstić information content (AvgIpc) is 2.74. The number of methoxy groups -OCH3 is 1. The maximum Gasteiger partial charge on any atom is 0.407 e. The zero-order valence-corrected chi connectivity index (χ0v) is 16.9. The van der Waals surface area contributed by atoms with E-state index in [0.717, 1.165) is 18.4 Å². The minimum Gasteiger partial charge on any atom is -0.467 e. The number of carbonyl (C=O) groups is 3. The summed E-state index contributed by atoms with van der Waals surface area (Å²) in [7, 11) is 1.29. The first-order valence-corrected chi connectivity index (χ1v) is 9.82. The molecule has 7 heteroatoms. The van der Waals surface area contributed by atoms with Gasteiger partial charge in [0, 0.05) is 19.4 Å². The van der Waals surface area contributed by atoms with Crippen molar-refractivity contribution in [1.82, 2.24) is 10.6 Å². The molecule has 0 aliphatic heterocycles. The highest BCUT2D eigenvalue weighted by Crippen LogP contribution is 2.05. The highest BCUT2D eigenvalue weighted by Gasteiger charge is 2.20. The minimum atomic E-state index is -0.665. The number of benzene rings is 1. The third-order valence-electron chi connectivity index (χ3n) is 4.20. The van der Waals surface area contributed by atoms with Crippen molar-refractivity contribution in [3.8, 4) is 12.3 Å². The molecule has 1 atom stereocenters. The number of esters is 1. The van der Waals surface area contributed by atoms with Gasteiger partial charge in [0.15, 0.2) is 0 Å². The standard InChI is InChI=1S/C22H30N2O5/c1-3-4-7-14-19(21(26)28-2)24-20(25)15-10-6-11-16-23-22(27)29-17-18-12-8-5-9-13-18/h1,5,8-9,12-13,19H,4,6-7,10-11,14-17H2,2H3,(H,23,27)(H,24,25)/t19-/m0/s1. The SMILES string of the molecule is C#CCCC[C@H](NC(=O)CCCCCNC(=O)OCc1ccccc1)C(=O)OC. The smallest absolute Gasteiger partial charge is 0.407 e. The molecule has 158 valence electrons. The van der Waals surface area contributed by atoms with E-state index in [0.29, 0.717) is 38.6 Å². The van der Waals surface area contributed by atoms with E-state index in [4.69, 9.17) is 15.9 Å². The van der Waals surface area contributed by atoms with Crippen molar-refractivity contribution in [2.24, 2.45) is 0 Å². The molecule has 0 radical (unpaired) electrons.